The lowest BCUT2D eigenvalue weighted by molar-refractivity contribution is 0.0511. The summed E-state index contributed by atoms with van der Waals surface area (Å²) in [5.41, 5.74) is 2.69. The highest BCUT2D eigenvalue weighted by atomic mass is 79.9. The first-order chi connectivity index (χ1) is 16.5. The number of fused-ring (bicyclic) bond motifs is 1. The van der Waals surface area contributed by atoms with Gasteiger partial charge in [0.05, 0.1) is 22.6 Å². The number of amides is 2. The van der Waals surface area contributed by atoms with Gasteiger partial charge < -0.3 is 25.1 Å². The summed E-state index contributed by atoms with van der Waals surface area (Å²) in [4.78, 5) is 40.1. The highest BCUT2D eigenvalue weighted by Gasteiger charge is 2.21. The number of H-pyrrole nitrogens is 1. The van der Waals surface area contributed by atoms with E-state index in [-0.39, 0.29) is 18.6 Å². The maximum absolute atomic E-state index is 12.9. The Morgan fingerprint density at radius 2 is 1.77 bits per heavy atom. The minimum absolute atomic E-state index is 0.239. The molecular weight excluding hydrogens is 514 g/mol. The summed E-state index contributed by atoms with van der Waals surface area (Å²) in [6.07, 6.45) is -0.496. The minimum atomic E-state index is -0.566. The summed E-state index contributed by atoms with van der Waals surface area (Å²) in [5.74, 6) is -0.683. The molecule has 0 unspecified atom stereocenters. The van der Waals surface area contributed by atoms with Crippen molar-refractivity contribution in [3.8, 4) is 0 Å². The maximum atomic E-state index is 12.9. The summed E-state index contributed by atoms with van der Waals surface area (Å²) in [5, 5.41) is 6.53. The fourth-order valence-corrected chi connectivity index (χ4v) is 4.12. The highest BCUT2D eigenvalue weighted by Crippen LogP contribution is 2.32. The van der Waals surface area contributed by atoms with Gasteiger partial charge in [-0.25, -0.2) is 9.59 Å². The van der Waals surface area contributed by atoms with E-state index in [1.54, 1.807) is 52.0 Å². The van der Waals surface area contributed by atoms with E-state index in [1.165, 1.54) is 0 Å². The third-order valence-electron chi connectivity index (χ3n) is 5.15. The second-order valence-corrected chi connectivity index (χ2v) is 9.84. The molecule has 0 radical (unpaired) electrons. The average molecular weight is 544 g/mol. The van der Waals surface area contributed by atoms with Gasteiger partial charge in [-0.15, -0.1) is 0 Å². The van der Waals surface area contributed by atoms with Gasteiger partial charge in [0.25, 0.3) is 5.91 Å². The van der Waals surface area contributed by atoms with Crippen LogP contribution in [0.5, 0.6) is 0 Å². The Balaban J connectivity index is 1.69. The Bertz CT molecular complexity index is 1230. The van der Waals surface area contributed by atoms with Crippen molar-refractivity contribution in [1.82, 2.24) is 15.6 Å². The van der Waals surface area contributed by atoms with Gasteiger partial charge in [0.15, 0.2) is 0 Å². The average Bonchev–Trinajstić information content (AvgIpc) is 3.13. The molecule has 1 aromatic heterocycles. The number of nitrogens with one attached hydrogen (secondary N) is 3. The maximum Gasteiger partial charge on any atom is 0.407 e. The van der Waals surface area contributed by atoms with Crippen molar-refractivity contribution < 1.29 is 23.9 Å². The molecule has 3 N–H and O–H groups in total. The van der Waals surface area contributed by atoms with E-state index >= 15 is 0 Å². The van der Waals surface area contributed by atoms with E-state index < -0.39 is 17.7 Å². The predicted octanol–water partition coefficient (Wildman–Crippen LogP) is 5.62. The molecule has 0 bridgehead atoms. The predicted molar refractivity (Wildman–Crippen MR) is 137 cm³/mol. The summed E-state index contributed by atoms with van der Waals surface area (Å²) >= 11 is 3.48. The van der Waals surface area contributed by atoms with Crippen molar-refractivity contribution in [1.29, 1.82) is 0 Å². The first-order valence-electron chi connectivity index (χ1n) is 11.3. The third kappa shape index (κ3) is 6.63. The van der Waals surface area contributed by atoms with Crippen molar-refractivity contribution in [3.63, 3.8) is 0 Å². The van der Waals surface area contributed by atoms with Crippen molar-refractivity contribution in [3.05, 3.63) is 69.3 Å². The lowest BCUT2D eigenvalue weighted by Crippen LogP contribution is -2.32. The molecule has 3 aromatic rings. The molecule has 2 amide bonds. The van der Waals surface area contributed by atoms with Gasteiger partial charge in [-0.1, -0.05) is 30.3 Å². The van der Waals surface area contributed by atoms with Crippen LogP contribution in [0.1, 0.15) is 72.6 Å². The molecule has 2 aromatic carbocycles. The van der Waals surface area contributed by atoms with E-state index in [9.17, 15) is 14.4 Å². The standard InChI is InChI=1S/C26H30BrN3O5/c1-6-34-24(32)22-20(27)19-9-7-8-18(21(19)30-22)15(2)29-23(31)17-12-10-16(11-13-17)14-28-25(33)35-26(3,4)5/h7-13,15,30H,6,14H2,1-5H3,(H,28,33)(H,29,31)/t15-/m0/s1. The first-order valence-corrected chi connectivity index (χ1v) is 12.1. The molecule has 8 nitrogen and oxygen atoms in total. The van der Waals surface area contributed by atoms with E-state index in [4.69, 9.17) is 9.47 Å². The third-order valence-corrected chi connectivity index (χ3v) is 5.97. The molecule has 0 saturated heterocycles. The van der Waals surface area contributed by atoms with Crippen LogP contribution >= 0.6 is 15.9 Å². The molecule has 9 heteroatoms. The number of carbonyl (C=O) groups excluding carboxylic acids is 3. The monoisotopic (exact) mass is 543 g/mol. The molecule has 3 rings (SSSR count). The fraction of sp³-hybridized carbons (Fsp3) is 0.346. The van der Waals surface area contributed by atoms with Gasteiger partial charge in [0.1, 0.15) is 11.3 Å². The Kier molecular flexibility index (Phi) is 8.22. The highest BCUT2D eigenvalue weighted by molar-refractivity contribution is 9.10. The van der Waals surface area contributed by atoms with Crippen molar-refractivity contribution >= 4 is 44.8 Å². The van der Waals surface area contributed by atoms with E-state index in [0.29, 0.717) is 22.3 Å². The van der Waals surface area contributed by atoms with Crippen LogP contribution in [0.3, 0.4) is 0 Å². The van der Waals surface area contributed by atoms with Crippen LogP contribution in [0.15, 0.2) is 46.9 Å². The summed E-state index contributed by atoms with van der Waals surface area (Å²) in [6, 6.07) is 12.3. The molecule has 0 aliphatic heterocycles. The van der Waals surface area contributed by atoms with Gasteiger partial charge >= 0.3 is 12.1 Å². The molecule has 186 valence electrons. The van der Waals surface area contributed by atoms with Crippen LogP contribution in [-0.2, 0) is 16.0 Å². The van der Waals surface area contributed by atoms with E-state index in [1.807, 2.05) is 25.1 Å². The number of carbonyl (C=O) groups is 3. The molecule has 0 saturated carbocycles. The van der Waals surface area contributed by atoms with Gasteiger partial charge in [-0.3, -0.25) is 4.79 Å². The Labute approximate surface area is 212 Å². The van der Waals surface area contributed by atoms with Crippen LogP contribution < -0.4 is 10.6 Å². The summed E-state index contributed by atoms with van der Waals surface area (Å²) < 4.78 is 11.0. The summed E-state index contributed by atoms with van der Waals surface area (Å²) in [7, 11) is 0. The number of hydrogen-bond donors (Lipinski definition) is 3. The number of ether oxygens (including phenoxy) is 2. The normalized spacial score (nSPS) is 12.2. The van der Waals surface area contributed by atoms with Crippen molar-refractivity contribution in [2.24, 2.45) is 0 Å². The Morgan fingerprint density at radius 1 is 1.09 bits per heavy atom. The fourth-order valence-electron chi connectivity index (χ4n) is 3.53. The molecule has 0 spiro atoms. The molecule has 1 atom stereocenters. The Morgan fingerprint density at radius 3 is 2.40 bits per heavy atom. The lowest BCUT2D eigenvalue weighted by atomic mass is 10.0. The van der Waals surface area contributed by atoms with Crippen LogP contribution in [0.25, 0.3) is 10.9 Å². The molecular formula is C26H30BrN3O5. The summed E-state index contributed by atoms with van der Waals surface area (Å²) in [6.45, 7) is 9.60. The number of halogens is 1. The number of esters is 1. The van der Waals surface area contributed by atoms with Crippen molar-refractivity contribution in [2.45, 2.75) is 52.8 Å². The number of aromatic nitrogens is 1. The minimum Gasteiger partial charge on any atom is -0.461 e. The zero-order valence-corrected chi connectivity index (χ0v) is 22.0. The number of alkyl carbamates (subject to hydrolysis) is 1. The van der Waals surface area contributed by atoms with E-state index in [2.05, 4.69) is 31.5 Å². The number of hydrogen-bond acceptors (Lipinski definition) is 5. The zero-order valence-electron chi connectivity index (χ0n) is 20.5. The molecule has 0 fully saturated rings. The Hall–Kier alpha value is -3.33. The van der Waals surface area contributed by atoms with Gasteiger partial charge in [0, 0.05) is 17.5 Å². The molecule has 0 aliphatic rings. The zero-order chi connectivity index (χ0) is 25.8. The molecule has 35 heavy (non-hydrogen) atoms. The number of benzene rings is 2. The second kappa shape index (κ2) is 10.9. The van der Waals surface area contributed by atoms with Crippen LogP contribution in [0.4, 0.5) is 4.79 Å². The molecule has 0 aliphatic carbocycles. The van der Waals surface area contributed by atoms with Gasteiger partial charge in [-0.05, 0) is 73.8 Å². The quantitative estimate of drug-likeness (QED) is 0.335. The van der Waals surface area contributed by atoms with Crippen LogP contribution in [0, 0.1) is 0 Å². The van der Waals surface area contributed by atoms with Crippen LogP contribution in [0.2, 0.25) is 0 Å². The lowest BCUT2D eigenvalue weighted by Gasteiger charge is -2.19. The number of para-hydroxylation sites is 1. The number of aromatic amines is 1. The smallest absolute Gasteiger partial charge is 0.407 e. The largest absolute Gasteiger partial charge is 0.461 e. The SMILES string of the molecule is CCOC(=O)c1[nH]c2c([C@H](C)NC(=O)c3ccc(CNC(=O)OC(C)(C)C)cc3)cccc2c1Br. The first kappa shape index (κ1) is 26.3. The van der Waals surface area contributed by atoms with Crippen molar-refractivity contribution in [2.75, 3.05) is 6.61 Å². The molecule has 1 heterocycles. The second-order valence-electron chi connectivity index (χ2n) is 9.05. The van der Waals surface area contributed by atoms with Gasteiger partial charge in [-0.2, -0.15) is 0 Å². The topological polar surface area (TPSA) is 110 Å². The van der Waals surface area contributed by atoms with Crippen LogP contribution in [-0.4, -0.2) is 35.2 Å². The van der Waals surface area contributed by atoms with E-state index in [0.717, 1.165) is 22.0 Å². The van der Waals surface area contributed by atoms with Gasteiger partial charge in [0.2, 0.25) is 0 Å². The number of rotatable bonds is 7.